The minimum atomic E-state index is -0.241. The predicted octanol–water partition coefficient (Wildman–Crippen LogP) is 3.52. The van der Waals surface area contributed by atoms with Gasteiger partial charge in [-0.25, -0.2) is 4.39 Å². The highest BCUT2D eigenvalue weighted by atomic mass is 19.1. The second kappa shape index (κ2) is 4.92. The molecule has 2 aromatic carbocycles. The van der Waals surface area contributed by atoms with E-state index in [1.54, 1.807) is 6.07 Å². The Morgan fingerprint density at radius 3 is 2.89 bits per heavy atom. The van der Waals surface area contributed by atoms with Crippen LogP contribution in [0, 0.1) is 12.7 Å². The van der Waals surface area contributed by atoms with Gasteiger partial charge in [-0.3, -0.25) is 0 Å². The third-order valence-corrected chi connectivity index (χ3v) is 3.28. The van der Waals surface area contributed by atoms with Gasteiger partial charge in [-0.2, -0.15) is 0 Å². The lowest BCUT2D eigenvalue weighted by Gasteiger charge is -2.13. The average molecular weight is 258 g/mol. The van der Waals surface area contributed by atoms with Crippen LogP contribution in [0.5, 0.6) is 11.5 Å². The molecule has 1 heterocycles. The van der Waals surface area contributed by atoms with E-state index < -0.39 is 0 Å². The van der Waals surface area contributed by atoms with Gasteiger partial charge in [0, 0.05) is 6.42 Å². The number of aryl methyl sites for hydroxylation is 1. The van der Waals surface area contributed by atoms with Crippen molar-refractivity contribution in [2.75, 3.05) is 6.61 Å². The quantitative estimate of drug-likeness (QED) is 0.838. The molecule has 0 bridgehead atoms. The van der Waals surface area contributed by atoms with E-state index in [4.69, 9.17) is 9.47 Å². The zero-order valence-electron chi connectivity index (χ0n) is 10.7. The molecule has 0 radical (unpaired) electrons. The van der Waals surface area contributed by atoms with Crippen LogP contribution in [0.1, 0.15) is 11.1 Å². The monoisotopic (exact) mass is 258 g/mol. The van der Waals surface area contributed by atoms with E-state index in [-0.39, 0.29) is 11.9 Å². The van der Waals surface area contributed by atoms with Gasteiger partial charge in [0.2, 0.25) is 0 Å². The second-order valence-corrected chi connectivity index (χ2v) is 4.77. The summed E-state index contributed by atoms with van der Waals surface area (Å²) in [7, 11) is 0. The van der Waals surface area contributed by atoms with Crippen LogP contribution < -0.4 is 9.47 Å². The normalized spacial score (nSPS) is 16.8. The fourth-order valence-corrected chi connectivity index (χ4v) is 2.30. The molecule has 0 N–H and O–H groups in total. The zero-order chi connectivity index (χ0) is 13.2. The van der Waals surface area contributed by atoms with Crippen molar-refractivity contribution >= 4 is 0 Å². The molecule has 3 rings (SSSR count). The number of para-hydroxylation sites is 1. The lowest BCUT2D eigenvalue weighted by Crippen LogP contribution is -2.22. The van der Waals surface area contributed by atoms with Gasteiger partial charge in [-0.1, -0.05) is 18.2 Å². The lowest BCUT2D eigenvalue weighted by molar-refractivity contribution is 0.148. The van der Waals surface area contributed by atoms with E-state index in [1.807, 2.05) is 25.1 Å². The Kier molecular flexibility index (Phi) is 3.11. The summed E-state index contributed by atoms with van der Waals surface area (Å²) in [5, 5.41) is 0. The Morgan fingerprint density at radius 1 is 1.26 bits per heavy atom. The Hall–Kier alpha value is -2.03. The van der Waals surface area contributed by atoms with Gasteiger partial charge < -0.3 is 9.47 Å². The fourth-order valence-electron chi connectivity index (χ4n) is 2.30. The van der Waals surface area contributed by atoms with Gasteiger partial charge in [-0.05, 0) is 42.3 Å². The smallest absolute Gasteiger partial charge is 0.137 e. The molecule has 1 aliphatic rings. The van der Waals surface area contributed by atoms with Crippen LogP contribution in [0.3, 0.4) is 0 Å². The average Bonchev–Trinajstić information content (AvgIpc) is 2.80. The predicted molar refractivity (Wildman–Crippen MR) is 71.2 cm³/mol. The van der Waals surface area contributed by atoms with Crippen LogP contribution in [-0.4, -0.2) is 12.7 Å². The number of rotatable bonds is 3. The molecule has 0 aromatic heterocycles. The maximum absolute atomic E-state index is 13.0. The number of halogens is 1. The van der Waals surface area contributed by atoms with E-state index in [9.17, 15) is 4.39 Å². The van der Waals surface area contributed by atoms with Crippen molar-refractivity contribution in [3.05, 3.63) is 59.4 Å². The lowest BCUT2D eigenvalue weighted by atomic mass is 10.1. The van der Waals surface area contributed by atoms with Gasteiger partial charge in [0.05, 0.1) is 0 Å². The topological polar surface area (TPSA) is 18.5 Å². The molecule has 0 saturated heterocycles. The molecule has 1 atom stereocenters. The Morgan fingerprint density at radius 2 is 2.11 bits per heavy atom. The minimum Gasteiger partial charge on any atom is -0.489 e. The van der Waals surface area contributed by atoms with Gasteiger partial charge in [0.25, 0.3) is 0 Å². The van der Waals surface area contributed by atoms with Crippen molar-refractivity contribution < 1.29 is 13.9 Å². The van der Waals surface area contributed by atoms with E-state index in [0.717, 1.165) is 17.7 Å². The Bertz CT molecular complexity index is 570. The summed E-state index contributed by atoms with van der Waals surface area (Å²) >= 11 is 0. The third-order valence-electron chi connectivity index (χ3n) is 3.28. The van der Waals surface area contributed by atoms with Crippen molar-refractivity contribution in [1.29, 1.82) is 0 Å². The highest BCUT2D eigenvalue weighted by Gasteiger charge is 2.22. The summed E-state index contributed by atoms with van der Waals surface area (Å²) in [6.07, 6.45) is 0.887. The molecule has 3 heteroatoms. The number of hydrogen-bond acceptors (Lipinski definition) is 2. The van der Waals surface area contributed by atoms with Crippen molar-refractivity contribution in [2.24, 2.45) is 0 Å². The van der Waals surface area contributed by atoms with E-state index in [2.05, 4.69) is 6.07 Å². The van der Waals surface area contributed by atoms with Crippen LogP contribution in [0.2, 0.25) is 0 Å². The highest BCUT2D eigenvalue weighted by molar-refractivity contribution is 5.37. The van der Waals surface area contributed by atoms with Gasteiger partial charge in [0.15, 0.2) is 0 Å². The van der Waals surface area contributed by atoms with Gasteiger partial charge in [-0.15, -0.1) is 0 Å². The molecule has 0 spiro atoms. The van der Waals surface area contributed by atoms with Crippen LogP contribution in [0.25, 0.3) is 0 Å². The number of benzene rings is 2. The maximum atomic E-state index is 13.0. The first kappa shape index (κ1) is 12.0. The van der Waals surface area contributed by atoms with E-state index in [1.165, 1.54) is 17.7 Å². The molecule has 0 amide bonds. The summed E-state index contributed by atoms with van der Waals surface area (Å²) in [4.78, 5) is 0. The van der Waals surface area contributed by atoms with E-state index >= 15 is 0 Å². The number of ether oxygens (including phenoxy) is 2. The maximum Gasteiger partial charge on any atom is 0.137 e. The Balaban J connectivity index is 1.63. The molecular formula is C16H15FO2. The van der Waals surface area contributed by atoms with Crippen molar-refractivity contribution in [3.8, 4) is 11.5 Å². The number of fused-ring (bicyclic) bond motifs is 1. The first-order chi connectivity index (χ1) is 9.22. The molecule has 19 heavy (non-hydrogen) atoms. The molecule has 1 unspecified atom stereocenters. The molecule has 1 aliphatic heterocycles. The summed E-state index contributed by atoms with van der Waals surface area (Å²) in [5.74, 6) is 1.40. The molecule has 2 nitrogen and oxygen atoms in total. The summed E-state index contributed by atoms with van der Waals surface area (Å²) in [6, 6.07) is 12.6. The molecule has 98 valence electrons. The minimum absolute atomic E-state index is 0.0295. The van der Waals surface area contributed by atoms with E-state index in [0.29, 0.717) is 12.4 Å². The van der Waals surface area contributed by atoms with Crippen LogP contribution in [-0.2, 0) is 6.42 Å². The fraction of sp³-hybridized carbons (Fsp3) is 0.250. The summed E-state index contributed by atoms with van der Waals surface area (Å²) in [6.45, 7) is 2.31. The standard InChI is InChI=1S/C16H15FO2/c1-11-8-13(17)6-7-15(11)18-10-14-9-12-4-2-3-5-16(12)19-14/h2-8,14H,9-10H2,1H3. The van der Waals surface area contributed by atoms with Crippen LogP contribution >= 0.6 is 0 Å². The summed E-state index contributed by atoms with van der Waals surface area (Å²) < 4.78 is 24.5. The van der Waals surface area contributed by atoms with Gasteiger partial charge >= 0.3 is 0 Å². The molecule has 2 aromatic rings. The largest absolute Gasteiger partial charge is 0.489 e. The molecule has 0 saturated carbocycles. The second-order valence-electron chi connectivity index (χ2n) is 4.77. The van der Waals surface area contributed by atoms with Crippen molar-refractivity contribution in [1.82, 2.24) is 0 Å². The van der Waals surface area contributed by atoms with Crippen LogP contribution in [0.15, 0.2) is 42.5 Å². The molecule has 0 fully saturated rings. The number of hydrogen-bond donors (Lipinski definition) is 0. The molecule has 0 aliphatic carbocycles. The zero-order valence-corrected chi connectivity index (χ0v) is 10.7. The first-order valence-corrected chi connectivity index (χ1v) is 6.36. The third kappa shape index (κ3) is 2.55. The van der Waals surface area contributed by atoms with Gasteiger partial charge in [0.1, 0.15) is 30.0 Å². The van der Waals surface area contributed by atoms with Crippen molar-refractivity contribution in [3.63, 3.8) is 0 Å². The van der Waals surface area contributed by atoms with Crippen molar-refractivity contribution in [2.45, 2.75) is 19.4 Å². The SMILES string of the molecule is Cc1cc(F)ccc1OCC1Cc2ccccc2O1. The summed E-state index contributed by atoms with van der Waals surface area (Å²) in [5.41, 5.74) is 2.02. The Labute approximate surface area is 111 Å². The van der Waals surface area contributed by atoms with Crippen LogP contribution in [0.4, 0.5) is 4.39 Å². The first-order valence-electron chi connectivity index (χ1n) is 6.36. The highest BCUT2D eigenvalue weighted by Crippen LogP contribution is 2.28. The molecular weight excluding hydrogens is 243 g/mol.